The van der Waals surface area contributed by atoms with Crippen molar-refractivity contribution in [1.82, 2.24) is 5.32 Å². The number of piperidine rings is 1. The largest absolute Gasteiger partial charge is 0.368 e. The molecule has 24 heavy (non-hydrogen) atoms. The van der Waals surface area contributed by atoms with Crippen molar-refractivity contribution < 1.29 is 9.53 Å². The van der Waals surface area contributed by atoms with E-state index in [2.05, 4.69) is 16.0 Å². The lowest BCUT2D eigenvalue weighted by molar-refractivity contribution is -0.140. The summed E-state index contributed by atoms with van der Waals surface area (Å²) in [5.74, 6) is -0.0802. The van der Waals surface area contributed by atoms with Crippen molar-refractivity contribution in [2.24, 2.45) is 0 Å². The Balaban J connectivity index is 1.71. The molecule has 1 aliphatic rings. The summed E-state index contributed by atoms with van der Waals surface area (Å²) in [7, 11) is 1.61. The predicted octanol–water partition coefficient (Wildman–Crippen LogP) is 3.14. The van der Waals surface area contributed by atoms with Crippen molar-refractivity contribution in [2.45, 2.75) is 18.4 Å². The first-order chi connectivity index (χ1) is 11.7. The zero-order chi connectivity index (χ0) is 16.8. The Kier molecular flexibility index (Phi) is 5.13. The highest BCUT2D eigenvalue weighted by Gasteiger charge is 2.39. The Bertz CT molecular complexity index is 682. The van der Waals surface area contributed by atoms with Crippen LogP contribution in [0.2, 0.25) is 0 Å². The highest BCUT2D eigenvalue weighted by atomic mass is 16.5. The minimum Gasteiger partial charge on any atom is -0.368 e. The molecule has 2 aromatic rings. The van der Waals surface area contributed by atoms with Crippen LogP contribution in [0.5, 0.6) is 0 Å². The Hall–Kier alpha value is -2.37. The Morgan fingerprint density at radius 3 is 2.38 bits per heavy atom. The second-order valence-corrected chi connectivity index (χ2v) is 5.97. The Morgan fingerprint density at radius 2 is 1.67 bits per heavy atom. The number of rotatable bonds is 5. The van der Waals surface area contributed by atoms with Crippen molar-refractivity contribution in [2.75, 3.05) is 30.8 Å². The lowest BCUT2D eigenvalue weighted by Gasteiger charge is -2.34. The van der Waals surface area contributed by atoms with Crippen molar-refractivity contribution in [1.29, 1.82) is 0 Å². The van der Waals surface area contributed by atoms with Crippen LogP contribution in [0.1, 0.15) is 12.8 Å². The van der Waals surface area contributed by atoms with Gasteiger partial charge >= 0.3 is 0 Å². The average molecular weight is 325 g/mol. The van der Waals surface area contributed by atoms with Gasteiger partial charge in [0, 0.05) is 24.2 Å². The van der Waals surface area contributed by atoms with Gasteiger partial charge in [-0.05, 0) is 56.3 Å². The first-order valence-corrected chi connectivity index (χ1v) is 8.21. The van der Waals surface area contributed by atoms with E-state index in [1.54, 1.807) is 7.11 Å². The van der Waals surface area contributed by atoms with Gasteiger partial charge in [0.2, 0.25) is 0 Å². The number of anilines is 3. The molecule has 0 atom stereocenters. The number of ether oxygens (including phenoxy) is 1. The molecule has 0 aliphatic carbocycles. The molecule has 0 saturated carbocycles. The molecule has 5 nitrogen and oxygen atoms in total. The molecule has 0 unspecified atom stereocenters. The smallest absolute Gasteiger partial charge is 0.256 e. The maximum Gasteiger partial charge on any atom is 0.256 e. The van der Waals surface area contributed by atoms with Crippen LogP contribution in [0.4, 0.5) is 17.1 Å². The van der Waals surface area contributed by atoms with E-state index in [9.17, 15) is 4.79 Å². The number of para-hydroxylation sites is 1. The van der Waals surface area contributed by atoms with Crippen molar-refractivity contribution >= 4 is 23.0 Å². The quantitative estimate of drug-likeness (QED) is 0.790. The molecule has 1 amide bonds. The second-order valence-electron chi connectivity index (χ2n) is 5.97. The van der Waals surface area contributed by atoms with Crippen LogP contribution in [-0.2, 0) is 9.53 Å². The van der Waals surface area contributed by atoms with E-state index in [1.165, 1.54) is 0 Å². The predicted molar refractivity (Wildman–Crippen MR) is 96.6 cm³/mol. The summed E-state index contributed by atoms with van der Waals surface area (Å²) < 4.78 is 5.57. The van der Waals surface area contributed by atoms with E-state index in [-0.39, 0.29) is 5.91 Å². The van der Waals surface area contributed by atoms with Gasteiger partial charge in [0.25, 0.3) is 5.91 Å². The molecule has 1 fully saturated rings. The third-order valence-corrected chi connectivity index (χ3v) is 4.40. The first kappa shape index (κ1) is 16.5. The summed E-state index contributed by atoms with van der Waals surface area (Å²) in [4.78, 5) is 12.7. The van der Waals surface area contributed by atoms with E-state index < -0.39 is 5.60 Å². The van der Waals surface area contributed by atoms with Crippen LogP contribution >= 0.6 is 0 Å². The lowest BCUT2D eigenvalue weighted by atomic mass is 9.91. The van der Waals surface area contributed by atoms with Crippen molar-refractivity contribution in [3.63, 3.8) is 0 Å². The number of nitrogens with one attached hydrogen (secondary N) is 3. The van der Waals surface area contributed by atoms with Gasteiger partial charge in [-0.2, -0.15) is 0 Å². The fourth-order valence-electron chi connectivity index (χ4n) is 2.96. The number of methoxy groups -OCH3 is 1. The summed E-state index contributed by atoms with van der Waals surface area (Å²) in [5.41, 5.74) is 1.95. The minimum absolute atomic E-state index is 0.0802. The molecule has 0 bridgehead atoms. The standard InChI is InChI=1S/C19H23N3O2/c1-24-19(10-12-20-13-11-19)18(23)22-17-9-5-8-16(14-17)21-15-6-3-2-4-7-15/h2-9,14,20-21H,10-13H2,1H3,(H,22,23). The minimum atomic E-state index is -0.742. The number of benzene rings is 2. The maximum absolute atomic E-state index is 12.7. The second kappa shape index (κ2) is 7.47. The van der Waals surface area contributed by atoms with Crippen molar-refractivity contribution in [3.8, 4) is 0 Å². The molecule has 3 N–H and O–H groups in total. The Morgan fingerprint density at radius 1 is 1.00 bits per heavy atom. The molecule has 0 spiro atoms. The topological polar surface area (TPSA) is 62.4 Å². The SMILES string of the molecule is COC1(C(=O)Nc2cccc(Nc3ccccc3)c2)CCNCC1. The fourth-order valence-corrected chi connectivity index (χ4v) is 2.96. The number of carbonyl (C=O) groups is 1. The third kappa shape index (κ3) is 3.75. The van der Waals surface area contributed by atoms with Gasteiger partial charge in [-0.25, -0.2) is 0 Å². The van der Waals surface area contributed by atoms with Gasteiger partial charge < -0.3 is 20.7 Å². The monoisotopic (exact) mass is 325 g/mol. The molecule has 0 aromatic heterocycles. The molecule has 2 aromatic carbocycles. The Labute approximate surface area is 142 Å². The van der Waals surface area contributed by atoms with Crippen LogP contribution < -0.4 is 16.0 Å². The first-order valence-electron chi connectivity index (χ1n) is 8.21. The molecule has 1 heterocycles. The van der Waals surface area contributed by atoms with Crippen LogP contribution in [0.3, 0.4) is 0 Å². The third-order valence-electron chi connectivity index (χ3n) is 4.40. The number of amides is 1. The van der Waals surface area contributed by atoms with E-state index >= 15 is 0 Å². The van der Waals surface area contributed by atoms with E-state index in [1.807, 2.05) is 54.6 Å². The van der Waals surface area contributed by atoms with Gasteiger partial charge in [0.15, 0.2) is 0 Å². The summed E-state index contributed by atoms with van der Waals surface area (Å²) in [6.45, 7) is 1.58. The van der Waals surface area contributed by atoms with Gasteiger partial charge in [0.05, 0.1) is 0 Å². The number of carbonyl (C=O) groups excluding carboxylic acids is 1. The highest BCUT2D eigenvalue weighted by molar-refractivity contribution is 5.97. The van der Waals surface area contributed by atoms with E-state index in [4.69, 9.17) is 4.74 Å². The van der Waals surface area contributed by atoms with Crippen molar-refractivity contribution in [3.05, 3.63) is 54.6 Å². The average Bonchev–Trinajstić information content (AvgIpc) is 2.63. The van der Waals surface area contributed by atoms with Crippen LogP contribution in [0.25, 0.3) is 0 Å². The lowest BCUT2D eigenvalue weighted by Crippen LogP contribution is -2.51. The fraction of sp³-hybridized carbons (Fsp3) is 0.316. The van der Waals surface area contributed by atoms with Gasteiger partial charge in [-0.3, -0.25) is 4.79 Å². The summed E-state index contributed by atoms with van der Waals surface area (Å²) >= 11 is 0. The molecule has 1 aliphatic heterocycles. The molecule has 126 valence electrons. The molecule has 1 saturated heterocycles. The van der Waals surface area contributed by atoms with Crippen LogP contribution in [-0.4, -0.2) is 31.7 Å². The van der Waals surface area contributed by atoms with E-state index in [0.29, 0.717) is 12.8 Å². The zero-order valence-electron chi connectivity index (χ0n) is 13.8. The molecular weight excluding hydrogens is 302 g/mol. The van der Waals surface area contributed by atoms with E-state index in [0.717, 1.165) is 30.2 Å². The highest BCUT2D eigenvalue weighted by Crippen LogP contribution is 2.26. The molecule has 0 radical (unpaired) electrons. The van der Waals surface area contributed by atoms with Crippen LogP contribution in [0, 0.1) is 0 Å². The summed E-state index contributed by atoms with van der Waals surface area (Å²) in [5, 5.41) is 9.58. The molecule has 5 heteroatoms. The van der Waals surface area contributed by atoms with Crippen LogP contribution in [0.15, 0.2) is 54.6 Å². The zero-order valence-corrected chi connectivity index (χ0v) is 13.8. The van der Waals surface area contributed by atoms with Gasteiger partial charge in [-0.15, -0.1) is 0 Å². The molecular formula is C19H23N3O2. The number of hydrogen-bond donors (Lipinski definition) is 3. The maximum atomic E-state index is 12.7. The number of hydrogen-bond acceptors (Lipinski definition) is 4. The summed E-state index contributed by atoms with van der Waals surface area (Å²) in [6.07, 6.45) is 1.36. The van der Waals surface area contributed by atoms with Gasteiger partial charge in [0.1, 0.15) is 5.60 Å². The normalized spacial score (nSPS) is 16.4. The van der Waals surface area contributed by atoms with Gasteiger partial charge in [-0.1, -0.05) is 24.3 Å². The summed E-state index contributed by atoms with van der Waals surface area (Å²) in [6, 6.07) is 17.6. The molecule has 3 rings (SSSR count).